The average Bonchev–Trinajstić information content (AvgIpc) is 2.92. The van der Waals surface area contributed by atoms with Gasteiger partial charge in [0.05, 0.1) is 23.5 Å². The molecule has 0 spiro atoms. The van der Waals surface area contributed by atoms with Crippen molar-refractivity contribution in [3.8, 4) is 0 Å². The van der Waals surface area contributed by atoms with Gasteiger partial charge in [-0.05, 0) is 31.0 Å². The molecule has 0 aliphatic carbocycles. The second kappa shape index (κ2) is 5.81. The van der Waals surface area contributed by atoms with Crippen molar-refractivity contribution < 1.29 is 14.7 Å². The van der Waals surface area contributed by atoms with Gasteiger partial charge in [-0.25, -0.2) is 4.79 Å². The Balaban J connectivity index is 2.11. The molecule has 1 amide bonds. The Kier molecular flexibility index (Phi) is 4.12. The molecule has 2 rings (SSSR count). The molecule has 1 heterocycles. The number of rotatable bonds is 4. The van der Waals surface area contributed by atoms with Crippen LogP contribution in [0.1, 0.15) is 23.2 Å². The van der Waals surface area contributed by atoms with E-state index in [1.165, 1.54) is 12.1 Å². The number of carbonyl (C=O) groups is 2. The molecule has 1 aromatic carbocycles. The van der Waals surface area contributed by atoms with Crippen LogP contribution in [0.5, 0.6) is 0 Å². The first-order chi connectivity index (χ1) is 9.49. The van der Waals surface area contributed by atoms with Crippen molar-refractivity contribution in [2.24, 2.45) is 0 Å². The van der Waals surface area contributed by atoms with E-state index in [1.807, 2.05) is 4.90 Å². The van der Waals surface area contributed by atoms with Gasteiger partial charge in [0.2, 0.25) is 5.91 Å². The van der Waals surface area contributed by atoms with Crippen molar-refractivity contribution in [1.82, 2.24) is 4.90 Å². The highest BCUT2D eigenvalue weighted by molar-refractivity contribution is 5.91. The predicted molar refractivity (Wildman–Crippen MR) is 76.9 cm³/mol. The minimum Gasteiger partial charge on any atom is -0.478 e. The quantitative estimate of drug-likeness (QED) is 0.803. The largest absolute Gasteiger partial charge is 0.478 e. The molecule has 108 valence electrons. The van der Waals surface area contributed by atoms with E-state index in [0.29, 0.717) is 11.4 Å². The third-order valence-corrected chi connectivity index (χ3v) is 3.52. The van der Waals surface area contributed by atoms with Gasteiger partial charge in [0.15, 0.2) is 0 Å². The summed E-state index contributed by atoms with van der Waals surface area (Å²) in [5.41, 5.74) is 7.05. The zero-order valence-corrected chi connectivity index (χ0v) is 11.5. The van der Waals surface area contributed by atoms with Gasteiger partial charge in [0, 0.05) is 20.1 Å². The topological polar surface area (TPSA) is 86.9 Å². The molecule has 0 bridgehead atoms. The second-order valence-electron chi connectivity index (χ2n) is 5.02. The van der Waals surface area contributed by atoms with Crippen molar-refractivity contribution in [3.63, 3.8) is 0 Å². The predicted octanol–water partition coefficient (Wildman–Crippen LogP) is 1.03. The van der Waals surface area contributed by atoms with Crippen LogP contribution >= 0.6 is 0 Å². The normalized spacial score (nSPS) is 14.3. The first-order valence-corrected chi connectivity index (χ1v) is 6.61. The van der Waals surface area contributed by atoms with E-state index in [9.17, 15) is 9.59 Å². The summed E-state index contributed by atoms with van der Waals surface area (Å²) in [5.74, 6) is -0.962. The Hall–Kier alpha value is -2.24. The van der Waals surface area contributed by atoms with Crippen LogP contribution in [-0.2, 0) is 4.79 Å². The number of aromatic carboxylic acids is 1. The maximum absolute atomic E-state index is 12.1. The lowest BCUT2D eigenvalue weighted by molar-refractivity contribution is -0.128. The maximum Gasteiger partial charge on any atom is 0.335 e. The molecule has 1 aliphatic rings. The molecule has 20 heavy (non-hydrogen) atoms. The highest BCUT2D eigenvalue weighted by Gasteiger charge is 2.20. The highest BCUT2D eigenvalue weighted by Crippen LogP contribution is 2.24. The summed E-state index contributed by atoms with van der Waals surface area (Å²) >= 11 is 0. The van der Waals surface area contributed by atoms with Crippen LogP contribution in [0.25, 0.3) is 0 Å². The fourth-order valence-electron chi connectivity index (χ4n) is 2.36. The van der Waals surface area contributed by atoms with Crippen molar-refractivity contribution in [2.45, 2.75) is 12.8 Å². The fourth-order valence-corrected chi connectivity index (χ4v) is 2.36. The van der Waals surface area contributed by atoms with Crippen molar-refractivity contribution >= 4 is 23.3 Å². The van der Waals surface area contributed by atoms with E-state index in [-0.39, 0.29) is 18.0 Å². The molecule has 1 fully saturated rings. The molecule has 0 aromatic heterocycles. The Morgan fingerprint density at radius 2 is 2.00 bits per heavy atom. The monoisotopic (exact) mass is 277 g/mol. The van der Waals surface area contributed by atoms with Crippen LogP contribution in [0.15, 0.2) is 18.2 Å². The number of hydrogen-bond acceptors (Lipinski definition) is 4. The molecule has 6 nitrogen and oxygen atoms in total. The standard InChI is InChI=1S/C14H19N3O3/c1-16(9-13(18)17-6-2-3-7-17)12-8-10(14(19)20)4-5-11(12)15/h4-5,8H,2-3,6-7,9,15H2,1H3,(H,19,20). The first-order valence-electron chi connectivity index (χ1n) is 6.61. The summed E-state index contributed by atoms with van der Waals surface area (Å²) in [6.45, 7) is 1.81. The summed E-state index contributed by atoms with van der Waals surface area (Å²) in [6.07, 6.45) is 2.10. The van der Waals surface area contributed by atoms with Crippen LogP contribution in [0.2, 0.25) is 0 Å². The van der Waals surface area contributed by atoms with E-state index in [0.717, 1.165) is 25.9 Å². The van der Waals surface area contributed by atoms with E-state index in [4.69, 9.17) is 10.8 Å². The zero-order chi connectivity index (χ0) is 14.7. The van der Waals surface area contributed by atoms with Gasteiger partial charge in [0.1, 0.15) is 0 Å². The number of hydrogen-bond donors (Lipinski definition) is 2. The number of nitrogens with two attached hydrogens (primary N) is 1. The van der Waals surface area contributed by atoms with E-state index >= 15 is 0 Å². The van der Waals surface area contributed by atoms with Crippen molar-refractivity contribution in [2.75, 3.05) is 37.3 Å². The van der Waals surface area contributed by atoms with Crippen LogP contribution in [0.4, 0.5) is 11.4 Å². The average molecular weight is 277 g/mol. The molecule has 1 saturated heterocycles. The molecule has 0 radical (unpaired) electrons. The molecular weight excluding hydrogens is 258 g/mol. The number of likely N-dealkylation sites (tertiary alicyclic amines) is 1. The number of nitrogen functional groups attached to an aromatic ring is 1. The van der Waals surface area contributed by atoms with Gasteiger partial charge in [-0.2, -0.15) is 0 Å². The smallest absolute Gasteiger partial charge is 0.335 e. The number of likely N-dealkylation sites (N-methyl/N-ethyl adjacent to an activating group) is 1. The van der Waals surface area contributed by atoms with Crippen LogP contribution in [0.3, 0.4) is 0 Å². The summed E-state index contributed by atoms with van der Waals surface area (Å²) < 4.78 is 0. The minimum atomic E-state index is -1.01. The molecule has 0 atom stereocenters. The fraction of sp³-hybridized carbons (Fsp3) is 0.429. The number of carboxylic acids is 1. The molecule has 3 N–H and O–H groups in total. The maximum atomic E-state index is 12.1. The SMILES string of the molecule is CN(CC(=O)N1CCCC1)c1cc(C(=O)O)ccc1N. The van der Waals surface area contributed by atoms with Gasteiger partial charge in [0.25, 0.3) is 0 Å². The van der Waals surface area contributed by atoms with Crippen molar-refractivity contribution in [1.29, 1.82) is 0 Å². The lowest BCUT2D eigenvalue weighted by atomic mass is 10.1. The number of carbonyl (C=O) groups excluding carboxylic acids is 1. The molecule has 0 unspecified atom stereocenters. The number of amides is 1. The minimum absolute atomic E-state index is 0.0464. The second-order valence-corrected chi connectivity index (χ2v) is 5.02. The highest BCUT2D eigenvalue weighted by atomic mass is 16.4. The van der Waals surface area contributed by atoms with Crippen LogP contribution < -0.4 is 10.6 Å². The van der Waals surface area contributed by atoms with Crippen molar-refractivity contribution in [3.05, 3.63) is 23.8 Å². The third-order valence-electron chi connectivity index (χ3n) is 3.52. The summed E-state index contributed by atoms with van der Waals surface area (Å²) in [7, 11) is 1.74. The summed E-state index contributed by atoms with van der Waals surface area (Å²) in [4.78, 5) is 26.6. The molecule has 6 heteroatoms. The van der Waals surface area contributed by atoms with Crippen LogP contribution in [0, 0.1) is 0 Å². The van der Waals surface area contributed by atoms with Gasteiger partial charge < -0.3 is 20.6 Å². The number of anilines is 2. The molecule has 1 aromatic rings. The van der Waals surface area contributed by atoms with Crippen LogP contribution in [-0.4, -0.2) is 48.6 Å². The molecule has 0 saturated carbocycles. The summed E-state index contributed by atoms with van der Waals surface area (Å²) in [5, 5.41) is 9.00. The zero-order valence-electron chi connectivity index (χ0n) is 11.5. The van der Waals surface area contributed by atoms with Gasteiger partial charge >= 0.3 is 5.97 Å². The third kappa shape index (κ3) is 3.01. The molecular formula is C14H19N3O3. The Labute approximate surface area is 117 Å². The summed E-state index contributed by atoms with van der Waals surface area (Å²) in [6, 6.07) is 4.50. The number of carboxylic acid groups (broad SMARTS) is 1. The van der Waals surface area contributed by atoms with E-state index in [2.05, 4.69) is 0 Å². The lowest BCUT2D eigenvalue weighted by Gasteiger charge is -2.24. The Bertz CT molecular complexity index is 524. The van der Waals surface area contributed by atoms with E-state index in [1.54, 1.807) is 18.0 Å². The first kappa shape index (κ1) is 14.2. The number of benzene rings is 1. The Morgan fingerprint density at radius 3 is 2.60 bits per heavy atom. The van der Waals surface area contributed by atoms with Gasteiger partial charge in [-0.3, -0.25) is 4.79 Å². The van der Waals surface area contributed by atoms with Gasteiger partial charge in [-0.1, -0.05) is 0 Å². The van der Waals surface area contributed by atoms with Gasteiger partial charge in [-0.15, -0.1) is 0 Å². The lowest BCUT2D eigenvalue weighted by Crippen LogP contribution is -2.37. The van der Waals surface area contributed by atoms with E-state index < -0.39 is 5.97 Å². The molecule has 1 aliphatic heterocycles. The Morgan fingerprint density at radius 1 is 1.35 bits per heavy atom. The number of nitrogens with zero attached hydrogens (tertiary/aromatic N) is 2.